The number of thioether (sulfide) groups is 1. The van der Waals surface area contributed by atoms with Gasteiger partial charge >= 0.3 is 0 Å². The average molecular weight is 329 g/mol. The summed E-state index contributed by atoms with van der Waals surface area (Å²) in [6.07, 6.45) is 7.39. The van der Waals surface area contributed by atoms with E-state index in [0.29, 0.717) is 0 Å². The lowest BCUT2D eigenvalue weighted by molar-refractivity contribution is 1.19. The van der Waals surface area contributed by atoms with E-state index in [1.165, 1.54) is 0 Å². The summed E-state index contributed by atoms with van der Waals surface area (Å²) in [5.74, 6) is 0. The number of allylic oxidation sites excluding steroid dienone is 2. The number of aromatic nitrogens is 2. The highest BCUT2D eigenvalue weighted by atomic mass is 32.2. The molecule has 3 aromatic rings. The molecule has 0 bridgehead atoms. The lowest BCUT2D eigenvalue weighted by Gasteiger charge is -2.06. The molecule has 0 radical (unpaired) electrons. The number of rotatable bonds is 2. The van der Waals surface area contributed by atoms with E-state index in [4.69, 9.17) is 0 Å². The highest BCUT2D eigenvalue weighted by Gasteiger charge is 2.27. The van der Waals surface area contributed by atoms with Gasteiger partial charge in [0.2, 0.25) is 0 Å². The third-order valence-corrected chi connectivity index (χ3v) is 5.23. The molecular formula is C20H15N3S. The Morgan fingerprint density at radius 3 is 2.75 bits per heavy atom. The molecule has 0 atom stereocenters. The first-order valence-electron chi connectivity index (χ1n) is 7.69. The molecule has 1 aromatic carbocycles. The molecule has 0 amide bonds. The summed E-state index contributed by atoms with van der Waals surface area (Å²) in [4.78, 5) is 15.9. The van der Waals surface area contributed by atoms with Crippen molar-refractivity contribution >= 4 is 28.2 Å². The van der Waals surface area contributed by atoms with E-state index in [0.717, 1.165) is 43.2 Å². The monoisotopic (exact) mass is 329 g/mol. The van der Waals surface area contributed by atoms with Gasteiger partial charge in [0.05, 0.1) is 11.4 Å². The van der Waals surface area contributed by atoms with Gasteiger partial charge < -0.3 is 0 Å². The molecule has 4 rings (SSSR count). The number of nitrogens with zero attached hydrogens (tertiary/aromatic N) is 3. The molecule has 3 heterocycles. The minimum atomic E-state index is 0.883. The lowest BCUT2D eigenvalue weighted by Crippen LogP contribution is -1.98. The van der Waals surface area contributed by atoms with Crippen molar-refractivity contribution in [1.29, 1.82) is 0 Å². The maximum atomic E-state index is 4.62. The molecule has 0 saturated heterocycles. The van der Waals surface area contributed by atoms with Crippen molar-refractivity contribution in [3.63, 3.8) is 0 Å². The topological polar surface area (TPSA) is 38.1 Å². The van der Waals surface area contributed by atoms with Gasteiger partial charge in [0.1, 0.15) is 5.69 Å². The zero-order valence-electron chi connectivity index (χ0n) is 13.2. The fourth-order valence-corrected chi connectivity index (χ4v) is 3.97. The largest absolute Gasteiger partial charge is 0.256 e. The number of pyridine rings is 2. The van der Waals surface area contributed by atoms with E-state index >= 15 is 0 Å². The van der Waals surface area contributed by atoms with Gasteiger partial charge in [0.15, 0.2) is 0 Å². The fourth-order valence-electron chi connectivity index (χ4n) is 2.84. The molecule has 4 heteroatoms. The lowest BCUT2D eigenvalue weighted by atomic mass is 10.1. The summed E-state index contributed by atoms with van der Waals surface area (Å²) < 4.78 is 0. The normalized spacial score (nSPS) is 16.7. The summed E-state index contributed by atoms with van der Waals surface area (Å²) in [5.41, 5.74) is 3.83. The van der Waals surface area contributed by atoms with Gasteiger partial charge in [0, 0.05) is 39.3 Å². The second kappa shape index (κ2) is 6.06. The van der Waals surface area contributed by atoms with Crippen molar-refractivity contribution in [3.8, 4) is 11.4 Å². The zero-order chi connectivity index (χ0) is 16.5. The van der Waals surface area contributed by atoms with Gasteiger partial charge in [-0.2, -0.15) is 0 Å². The van der Waals surface area contributed by atoms with Crippen LogP contribution in [0.3, 0.4) is 0 Å². The molecular weight excluding hydrogens is 314 g/mol. The predicted molar refractivity (Wildman–Crippen MR) is 101 cm³/mol. The Morgan fingerprint density at radius 1 is 1.12 bits per heavy atom. The first-order chi connectivity index (χ1) is 11.8. The maximum absolute atomic E-state index is 4.62. The Balaban J connectivity index is 1.92. The minimum Gasteiger partial charge on any atom is -0.256 e. The van der Waals surface area contributed by atoms with E-state index in [1.807, 2.05) is 37.5 Å². The number of hydrogen-bond acceptors (Lipinski definition) is 4. The smallest absolute Gasteiger partial charge is 0.103 e. The van der Waals surface area contributed by atoms with Gasteiger partial charge in [-0.1, -0.05) is 48.7 Å². The Labute approximate surface area is 144 Å². The van der Waals surface area contributed by atoms with Crippen molar-refractivity contribution in [2.24, 2.45) is 4.99 Å². The van der Waals surface area contributed by atoms with Gasteiger partial charge in [0.25, 0.3) is 0 Å². The van der Waals surface area contributed by atoms with Gasteiger partial charge in [-0.05, 0) is 24.4 Å². The van der Waals surface area contributed by atoms with E-state index in [-0.39, 0.29) is 0 Å². The minimum absolute atomic E-state index is 0.883. The van der Waals surface area contributed by atoms with Gasteiger partial charge in [-0.25, -0.2) is 0 Å². The second-order valence-electron chi connectivity index (χ2n) is 5.37. The Bertz CT molecular complexity index is 1020. The van der Waals surface area contributed by atoms with Crippen LogP contribution in [0.1, 0.15) is 12.5 Å². The Kier molecular flexibility index (Phi) is 3.75. The van der Waals surface area contributed by atoms with Crippen LogP contribution < -0.4 is 0 Å². The summed E-state index contributed by atoms with van der Waals surface area (Å²) in [5, 5.41) is 2.29. The molecule has 116 valence electrons. The van der Waals surface area contributed by atoms with Crippen molar-refractivity contribution in [3.05, 3.63) is 78.1 Å². The van der Waals surface area contributed by atoms with Crippen LogP contribution in [0, 0.1) is 0 Å². The maximum Gasteiger partial charge on any atom is 0.103 e. The molecule has 0 fully saturated rings. The highest BCUT2D eigenvalue weighted by Crippen LogP contribution is 2.44. The van der Waals surface area contributed by atoms with Crippen LogP contribution in [0.25, 0.3) is 22.2 Å². The number of benzene rings is 1. The van der Waals surface area contributed by atoms with Crippen molar-refractivity contribution in [1.82, 2.24) is 9.97 Å². The molecule has 0 saturated carbocycles. The van der Waals surface area contributed by atoms with Crippen LogP contribution >= 0.6 is 11.8 Å². The van der Waals surface area contributed by atoms with Crippen LogP contribution in [0.2, 0.25) is 0 Å². The quantitative estimate of drug-likeness (QED) is 0.645. The first kappa shape index (κ1) is 14.8. The number of fused-ring (bicyclic) bond motifs is 2. The van der Waals surface area contributed by atoms with Crippen molar-refractivity contribution in [2.45, 2.75) is 11.8 Å². The van der Waals surface area contributed by atoms with E-state index in [9.17, 15) is 0 Å². The predicted octanol–water partition coefficient (Wildman–Crippen LogP) is 5.24. The fraction of sp³-hybridized carbons (Fsp3) is 0.0500. The van der Waals surface area contributed by atoms with E-state index in [1.54, 1.807) is 18.0 Å². The molecule has 0 N–H and O–H groups in total. The zero-order valence-corrected chi connectivity index (χ0v) is 14.0. The number of aliphatic imine (C=N–C) groups is 1. The summed E-state index contributed by atoms with van der Waals surface area (Å²) >= 11 is 1.69. The third-order valence-electron chi connectivity index (χ3n) is 3.96. The molecule has 3 nitrogen and oxygen atoms in total. The van der Waals surface area contributed by atoms with Crippen LogP contribution in [0.15, 0.2) is 82.4 Å². The highest BCUT2D eigenvalue weighted by molar-refractivity contribution is 8.04. The van der Waals surface area contributed by atoms with Gasteiger partial charge in [-0.15, -0.1) is 0 Å². The molecule has 24 heavy (non-hydrogen) atoms. The Morgan fingerprint density at radius 2 is 1.96 bits per heavy atom. The molecule has 2 aromatic heterocycles. The molecule has 0 aliphatic carbocycles. The Hall–Kier alpha value is -2.72. The summed E-state index contributed by atoms with van der Waals surface area (Å²) in [6.45, 7) is 5.75. The average Bonchev–Trinajstić information content (AvgIpc) is 2.99. The SMILES string of the molecule is C=C/N=C1\C(=C/C)Sc2c1ccnc2-c1cc2ccccc2cn1. The van der Waals surface area contributed by atoms with Crippen molar-refractivity contribution in [2.75, 3.05) is 0 Å². The third kappa shape index (κ3) is 2.36. The molecule has 0 spiro atoms. The summed E-state index contributed by atoms with van der Waals surface area (Å²) in [7, 11) is 0. The van der Waals surface area contributed by atoms with Gasteiger partial charge in [-0.3, -0.25) is 15.0 Å². The second-order valence-corrected chi connectivity index (χ2v) is 6.42. The van der Waals surface area contributed by atoms with E-state index in [2.05, 4.69) is 45.8 Å². The molecule has 1 aliphatic rings. The standard InChI is InChI=1S/C20H15N3S/c1-3-17-18(21-4-2)15-9-10-22-19(20(15)24-17)16-11-13-7-5-6-8-14(13)12-23-16/h3-12H,2H2,1H3/b17-3+,21-18-. The first-order valence-corrected chi connectivity index (χ1v) is 8.51. The van der Waals surface area contributed by atoms with Crippen LogP contribution in [0.4, 0.5) is 0 Å². The molecule has 1 aliphatic heterocycles. The van der Waals surface area contributed by atoms with Crippen molar-refractivity contribution < 1.29 is 0 Å². The van der Waals surface area contributed by atoms with Crippen LogP contribution in [0.5, 0.6) is 0 Å². The van der Waals surface area contributed by atoms with Crippen LogP contribution in [-0.4, -0.2) is 15.7 Å². The van der Waals surface area contributed by atoms with E-state index < -0.39 is 0 Å². The summed E-state index contributed by atoms with van der Waals surface area (Å²) in [6, 6.07) is 12.3. The number of hydrogen-bond donors (Lipinski definition) is 0. The van der Waals surface area contributed by atoms with Crippen LogP contribution in [-0.2, 0) is 0 Å². The molecule has 0 unspecified atom stereocenters.